The van der Waals surface area contributed by atoms with Gasteiger partial charge < -0.3 is 16.0 Å². The van der Waals surface area contributed by atoms with Crippen LogP contribution in [-0.4, -0.2) is 56.3 Å². The molecule has 0 aliphatic heterocycles. The summed E-state index contributed by atoms with van der Waals surface area (Å²) >= 11 is 1.69. The molecule has 0 bridgehead atoms. The average Bonchev–Trinajstić information content (AvgIpc) is 2.39. The zero-order valence-corrected chi connectivity index (χ0v) is 13.2. The number of nitrogens with one attached hydrogen (secondary N) is 1. The minimum Gasteiger partial charge on any atom is -0.398 e. The van der Waals surface area contributed by atoms with E-state index in [1.54, 1.807) is 17.8 Å². The van der Waals surface area contributed by atoms with Crippen molar-refractivity contribution >= 4 is 29.5 Å². The fourth-order valence-electron chi connectivity index (χ4n) is 1.72. The highest BCUT2D eigenvalue weighted by atomic mass is 32.2. The number of nitrogens with two attached hydrogens (primary N) is 1. The Morgan fingerprint density at radius 3 is 2.70 bits per heavy atom. The van der Waals surface area contributed by atoms with E-state index >= 15 is 0 Å². The fourth-order valence-corrected chi connectivity index (χ4v) is 2.65. The van der Waals surface area contributed by atoms with Gasteiger partial charge in [0.1, 0.15) is 0 Å². The third-order valence-corrected chi connectivity index (χ3v) is 4.06. The number of amides is 1. The van der Waals surface area contributed by atoms with Crippen molar-refractivity contribution in [3.63, 3.8) is 0 Å². The van der Waals surface area contributed by atoms with Gasteiger partial charge in [0.2, 0.25) is 6.41 Å². The van der Waals surface area contributed by atoms with Crippen LogP contribution < -0.4 is 11.1 Å². The van der Waals surface area contributed by atoms with Gasteiger partial charge in [-0.05, 0) is 58.9 Å². The molecule has 0 aromatic heterocycles. The second-order valence-corrected chi connectivity index (χ2v) is 6.01. The molecule has 0 aliphatic rings. The molecule has 1 amide bonds. The standard InChI is InChI=1S/C14H24N4OS/c1-17(2)7-4-8-18(3)11-20-14-9-12(16-10-19)5-6-13(14)15/h5-6,9-10H,4,7-8,11,15H2,1-3H3,(H,16,19). The fraction of sp³-hybridized carbons (Fsp3) is 0.500. The van der Waals surface area contributed by atoms with E-state index in [1.807, 2.05) is 12.1 Å². The summed E-state index contributed by atoms with van der Waals surface area (Å²) in [5.41, 5.74) is 7.46. The Labute approximate surface area is 125 Å². The van der Waals surface area contributed by atoms with Crippen LogP contribution >= 0.6 is 11.8 Å². The summed E-state index contributed by atoms with van der Waals surface area (Å²) in [7, 11) is 6.27. The molecule has 1 aromatic rings. The Hall–Kier alpha value is -1.24. The third-order valence-electron chi connectivity index (χ3n) is 2.82. The molecule has 3 N–H and O–H groups in total. The molecule has 0 spiro atoms. The summed E-state index contributed by atoms with van der Waals surface area (Å²) in [4.78, 5) is 15.9. The zero-order valence-electron chi connectivity index (χ0n) is 12.4. The molecule has 1 rings (SSSR count). The van der Waals surface area contributed by atoms with Crippen molar-refractivity contribution in [3.8, 4) is 0 Å². The van der Waals surface area contributed by atoms with Gasteiger partial charge in [0.15, 0.2) is 0 Å². The number of hydrogen-bond acceptors (Lipinski definition) is 5. The minimum absolute atomic E-state index is 0.674. The highest BCUT2D eigenvalue weighted by Gasteiger charge is 2.05. The molecule has 0 unspecified atom stereocenters. The summed E-state index contributed by atoms with van der Waals surface area (Å²) in [5, 5.41) is 2.64. The predicted octanol–water partition coefficient (Wildman–Crippen LogP) is 1.77. The maximum absolute atomic E-state index is 10.4. The zero-order chi connectivity index (χ0) is 15.0. The van der Waals surface area contributed by atoms with Crippen molar-refractivity contribution in [2.75, 3.05) is 51.2 Å². The predicted molar refractivity (Wildman–Crippen MR) is 87.1 cm³/mol. The van der Waals surface area contributed by atoms with Crippen LogP contribution in [0, 0.1) is 0 Å². The lowest BCUT2D eigenvalue weighted by molar-refractivity contribution is -0.105. The van der Waals surface area contributed by atoms with Crippen LogP contribution in [0.4, 0.5) is 11.4 Å². The van der Waals surface area contributed by atoms with Gasteiger partial charge in [-0.3, -0.25) is 9.69 Å². The molecule has 20 heavy (non-hydrogen) atoms. The molecule has 6 heteroatoms. The number of carbonyl (C=O) groups excluding carboxylic acids is 1. The van der Waals surface area contributed by atoms with E-state index in [4.69, 9.17) is 5.73 Å². The first kappa shape index (κ1) is 16.8. The number of carbonyl (C=O) groups is 1. The SMILES string of the molecule is CN(C)CCCN(C)CSc1cc(NC=O)ccc1N. The van der Waals surface area contributed by atoms with Crippen LogP contribution in [0.2, 0.25) is 0 Å². The van der Waals surface area contributed by atoms with Gasteiger partial charge in [-0.25, -0.2) is 0 Å². The van der Waals surface area contributed by atoms with Gasteiger partial charge in [-0.2, -0.15) is 0 Å². The van der Waals surface area contributed by atoms with E-state index in [1.165, 1.54) is 0 Å². The monoisotopic (exact) mass is 296 g/mol. The second-order valence-electron chi connectivity index (χ2n) is 5.02. The van der Waals surface area contributed by atoms with Crippen molar-refractivity contribution in [1.29, 1.82) is 0 Å². The van der Waals surface area contributed by atoms with E-state index in [9.17, 15) is 4.79 Å². The number of nitrogen functional groups attached to an aromatic ring is 1. The van der Waals surface area contributed by atoms with Crippen molar-refractivity contribution in [2.45, 2.75) is 11.3 Å². The second kappa shape index (κ2) is 8.84. The van der Waals surface area contributed by atoms with E-state index in [-0.39, 0.29) is 0 Å². The van der Waals surface area contributed by atoms with Crippen LogP contribution in [0.15, 0.2) is 23.1 Å². The maximum atomic E-state index is 10.4. The maximum Gasteiger partial charge on any atom is 0.211 e. The number of benzene rings is 1. The first-order valence-corrected chi connectivity index (χ1v) is 7.57. The third kappa shape index (κ3) is 6.27. The summed E-state index contributed by atoms with van der Waals surface area (Å²) < 4.78 is 0. The van der Waals surface area contributed by atoms with Crippen molar-refractivity contribution < 1.29 is 4.79 Å². The van der Waals surface area contributed by atoms with Crippen molar-refractivity contribution in [2.24, 2.45) is 0 Å². The highest BCUT2D eigenvalue weighted by molar-refractivity contribution is 7.99. The molecule has 0 fully saturated rings. The van der Waals surface area contributed by atoms with Crippen LogP contribution in [0.1, 0.15) is 6.42 Å². The van der Waals surface area contributed by atoms with Crippen LogP contribution in [0.5, 0.6) is 0 Å². The Morgan fingerprint density at radius 2 is 2.05 bits per heavy atom. The lowest BCUT2D eigenvalue weighted by Crippen LogP contribution is -2.23. The first-order valence-electron chi connectivity index (χ1n) is 6.58. The highest BCUT2D eigenvalue weighted by Crippen LogP contribution is 2.28. The van der Waals surface area contributed by atoms with Crippen LogP contribution in [-0.2, 0) is 4.79 Å². The molecular formula is C14H24N4OS. The van der Waals surface area contributed by atoms with Gasteiger partial charge in [0, 0.05) is 22.1 Å². The molecule has 0 atom stereocenters. The minimum atomic E-state index is 0.674. The van der Waals surface area contributed by atoms with Gasteiger partial charge in [0.25, 0.3) is 0 Å². The van der Waals surface area contributed by atoms with Crippen LogP contribution in [0.3, 0.4) is 0 Å². The van der Waals surface area contributed by atoms with Gasteiger partial charge >= 0.3 is 0 Å². The largest absolute Gasteiger partial charge is 0.398 e. The average molecular weight is 296 g/mol. The number of anilines is 2. The summed E-state index contributed by atoms with van der Waals surface area (Å²) in [6.07, 6.45) is 1.82. The number of nitrogens with zero attached hydrogens (tertiary/aromatic N) is 2. The van der Waals surface area contributed by atoms with Gasteiger partial charge in [0.05, 0.1) is 0 Å². The van der Waals surface area contributed by atoms with E-state index in [2.05, 4.69) is 36.3 Å². The Balaban J connectivity index is 2.43. The Morgan fingerprint density at radius 1 is 1.30 bits per heavy atom. The first-order chi connectivity index (χ1) is 9.52. The summed E-state index contributed by atoms with van der Waals surface area (Å²) in [6, 6.07) is 5.52. The number of rotatable bonds is 9. The topological polar surface area (TPSA) is 61.6 Å². The normalized spacial score (nSPS) is 11.1. The molecule has 0 heterocycles. The van der Waals surface area contributed by atoms with Crippen molar-refractivity contribution in [1.82, 2.24) is 9.80 Å². The number of thioether (sulfide) groups is 1. The molecule has 0 aliphatic carbocycles. The summed E-state index contributed by atoms with van der Waals surface area (Å²) in [6.45, 7) is 2.15. The quantitative estimate of drug-likeness (QED) is 0.315. The lowest BCUT2D eigenvalue weighted by Gasteiger charge is -2.18. The van der Waals surface area contributed by atoms with Crippen LogP contribution in [0.25, 0.3) is 0 Å². The smallest absolute Gasteiger partial charge is 0.211 e. The molecule has 1 aromatic carbocycles. The molecule has 0 saturated carbocycles. The Bertz CT molecular complexity index is 426. The molecule has 112 valence electrons. The molecule has 0 saturated heterocycles. The molecule has 5 nitrogen and oxygen atoms in total. The van der Waals surface area contributed by atoms with E-state index in [0.717, 1.165) is 41.7 Å². The Kier molecular flexibility index (Phi) is 7.43. The molecular weight excluding hydrogens is 272 g/mol. The van der Waals surface area contributed by atoms with E-state index < -0.39 is 0 Å². The van der Waals surface area contributed by atoms with Gasteiger partial charge in [-0.15, -0.1) is 11.8 Å². The van der Waals surface area contributed by atoms with E-state index in [0.29, 0.717) is 6.41 Å². The summed E-state index contributed by atoms with van der Waals surface area (Å²) in [5.74, 6) is 0.877. The van der Waals surface area contributed by atoms with Gasteiger partial charge in [-0.1, -0.05) is 0 Å². The lowest BCUT2D eigenvalue weighted by atomic mass is 10.3. The number of hydrogen-bond donors (Lipinski definition) is 2. The van der Waals surface area contributed by atoms with Crippen molar-refractivity contribution in [3.05, 3.63) is 18.2 Å². The molecule has 0 radical (unpaired) electrons.